The molecule has 0 radical (unpaired) electrons. The number of hydrogen-bond acceptors (Lipinski definition) is 3. The Hall–Kier alpha value is -2.60. The third-order valence-corrected chi connectivity index (χ3v) is 5.91. The van der Waals surface area contributed by atoms with E-state index in [2.05, 4.69) is 0 Å². The minimum atomic E-state index is -3.57. The van der Waals surface area contributed by atoms with E-state index in [9.17, 15) is 12.8 Å². The molecule has 0 fully saturated rings. The van der Waals surface area contributed by atoms with E-state index in [4.69, 9.17) is 4.74 Å². The molecule has 0 spiro atoms. The van der Waals surface area contributed by atoms with E-state index in [1.165, 1.54) is 28.6 Å². The molecular weight excluding hydrogens is 329 g/mol. The van der Waals surface area contributed by atoms with Crippen LogP contribution in [-0.4, -0.2) is 21.6 Å². The topological polar surface area (TPSA) is 46.6 Å². The molecule has 0 N–H and O–H groups in total. The van der Waals surface area contributed by atoms with Gasteiger partial charge in [-0.2, -0.15) is 0 Å². The van der Waals surface area contributed by atoms with E-state index in [1.54, 1.807) is 18.2 Å². The maximum Gasteiger partial charge on any atom is 0.265 e. The number of rotatable bonds is 4. The number of ether oxygens (including phenoxy) is 1. The summed E-state index contributed by atoms with van der Waals surface area (Å²) in [5, 5.41) is 1.65. The van der Waals surface area contributed by atoms with Crippen LogP contribution in [0.1, 0.15) is 0 Å². The van der Waals surface area contributed by atoms with Crippen molar-refractivity contribution in [3.8, 4) is 5.75 Å². The second-order valence-corrected chi connectivity index (χ2v) is 7.34. The summed E-state index contributed by atoms with van der Waals surface area (Å²) in [6, 6.07) is 16.5. The number of hydrogen-bond donors (Lipinski definition) is 0. The van der Waals surface area contributed by atoms with Gasteiger partial charge in [-0.05, 0) is 41.8 Å². The van der Waals surface area contributed by atoms with E-state index in [1.807, 2.05) is 18.2 Å². The fourth-order valence-corrected chi connectivity index (χ4v) is 4.67. The zero-order chi connectivity index (χ0) is 16.7. The summed E-state index contributed by atoms with van der Waals surface area (Å²) >= 11 is 0. The molecule has 1 heterocycles. The zero-order valence-electron chi connectivity index (χ0n) is 12.6. The Morgan fingerprint density at radius 3 is 2.42 bits per heavy atom. The highest BCUT2D eigenvalue weighted by Crippen LogP contribution is 2.41. The largest absolute Gasteiger partial charge is 0.492 e. The van der Waals surface area contributed by atoms with Crippen molar-refractivity contribution < 1.29 is 17.5 Å². The van der Waals surface area contributed by atoms with Crippen LogP contribution < -0.4 is 9.04 Å². The lowest BCUT2D eigenvalue weighted by Crippen LogP contribution is -2.31. The SMILES string of the molecule is O=S1(=O)c2cccc3cccc(c23)N1CCOc1ccc(F)cc1. The summed E-state index contributed by atoms with van der Waals surface area (Å²) in [6.45, 7) is 0.364. The van der Waals surface area contributed by atoms with Gasteiger partial charge in [0.05, 0.1) is 17.1 Å². The Morgan fingerprint density at radius 2 is 1.67 bits per heavy atom. The van der Waals surface area contributed by atoms with Crippen LogP contribution in [-0.2, 0) is 10.0 Å². The van der Waals surface area contributed by atoms with Crippen LogP contribution in [0.15, 0.2) is 65.6 Å². The van der Waals surface area contributed by atoms with E-state index < -0.39 is 10.0 Å². The predicted octanol–water partition coefficient (Wildman–Crippen LogP) is 3.57. The van der Waals surface area contributed by atoms with Gasteiger partial charge in [0.1, 0.15) is 18.2 Å². The first kappa shape index (κ1) is 15.0. The molecule has 0 atom stereocenters. The molecule has 1 aliphatic rings. The second-order valence-electron chi connectivity index (χ2n) is 5.51. The minimum Gasteiger partial charge on any atom is -0.492 e. The lowest BCUT2D eigenvalue weighted by Gasteiger charge is -2.19. The maximum absolute atomic E-state index is 12.9. The Labute approximate surface area is 139 Å². The summed E-state index contributed by atoms with van der Waals surface area (Å²) in [5.41, 5.74) is 0.672. The third kappa shape index (κ3) is 2.30. The van der Waals surface area contributed by atoms with Crippen LogP contribution >= 0.6 is 0 Å². The summed E-state index contributed by atoms with van der Waals surface area (Å²) in [7, 11) is -3.57. The third-order valence-electron chi connectivity index (χ3n) is 4.06. The van der Waals surface area contributed by atoms with Crippen molar-refractivity contribution in [1.82, 2.24) is 0 Å². The molecule has 4 nitrogen and oxygen atoms in total. The number of anilines is 1. The standard InChI is InChI=1S/C18H14FNO3S/c19-14-7-9-15(10-8-14)23-12-11-20-16-5-1-3-13-4-2-6-17(18(13)16)24(20,21)22/h1-10H,11-12H2. The molecule has 0 aromatic heterocycles. The van der Waals surface area contributed by atoms with Gasteiger partial charge in [0.2, 0.25) is 0 Å². The predicted molar refractivity (Wildman–Crippen MR) is 90.4 cm³/mol. The molecule has 0 bridgehead atoms. The van der Waals surface area contributed by atoms with Gasteiger partial charge >= 0.3 is 0 Å². The quantitative estimate of drug-likeness (QED) is 0.728. The average molecular weight is 343 g/mol. The molecule has 24 heavy (non-hydrogen) atoms. The normalized spacial score (nSPS) is 15.0. The lowest BCUT2D eigenvalue weighted by atomic mass is 10.1. The molecule has 0 aliphatic carbocycles. The minimum absolute atomic E-state index is 0.176. The Bertz CT molecular complexity index is 1010. The van der Waals surface area contributed by atoms with E-state index >= 15 is 0 Å². The molecule has 0 unspecified atom stereocenters. The van der Waals surface area contributed by atoms with Gasteiger partial charge < -0.3 is 4.74 Å². The molecular formula is C18H14FNO3S. The van der Waals surface area contributed by atoms with Gasteiger partial charge in [0.25, 0.3) is 10.0 Å². The smallest absolute Gasteiger partial charge is 0.265 e. The molecule has 122 valence electrons. The van der Waals surface area contributed by atoms with Crippen molar-refractivity contribution in [2.24, 2.45) is 0 Å². The molecule has 0 amide bonds. The molecule has 6 heteroatoms. The zero-order valence-corrected chi connectivity index (χ0v) is 13.5. The lowest BCUT2D eigenvalue weighted by molar-refractivity contribution is 0.328. The Morgan fingerprint density at radius 1 is 0.958 bits per heavy atom. The second kappa shape index (κ2) is 5.49. The molecule has 4 rings (SSSR count). The van der Waals surface area contributed by atoms with Crippen molar-refractivity contribution >= 4 is 26.5 Å². The highest BCUT2D eigenvalue weighted by Gasteiger charge is 2.35. The van der Waals surface area contributed by atoms with Gasteiger partial charge in [0, 0.05) is 5.39 Å². The number of halogens is 1. The Balaban J connectivity index is 1.60. The first-order valence-corrected chi connectivity index (χ1v) is 8.94. The molecule has 0 saturated heterocycles. The molecule has 3 aromatic carbocycles. The fraction of sp³-hybridized carbons (Fsp3) is 0.111. The van der Waals surface area contributed by atoms with Crippen molar-refractivity contribution in [3.63, 3.8) is 0 Å². The van der Waals surface area contributed by atoms with Gasteiger partial charge in [0.15, 0.2) is 0 Å². The number of benzene rings is 3. The van der Waals surface area contributed by atoms with E-state index in [-0.39, 0.29) is 19.0 Å². The first-order chi connectivity index (χ1) is 11.6. The molecule has 1 aliphatic heterocycles. The van der Waals surface area contributed by atoms with Gasteiger partial charge in [-0.25, -0.2) is 12.8 Å². The van der Waals surface area contributed by atoms with Crippen molar-refractivity contribution in [2.75, 3.05) is 17.5 Å². The average Bonchev–Trinajstić information content (AvgIpc) is 2.80. The van der Waals surface area contributed by atoms with Crippen LogP contribution in [0.3, 0.4) is 0 Å². The number of nitrogens with zero attached hydrogens (tertiary/aromatic N) is 1. The highest BCUT2D eigenvalue weighted by atomic mass is 32.2. The van der Waals surface area contributed by atoms with Crippen LogP contribution in [0.4, 0.5) is 10.1 Å². The van der Waals surface area contributed by atoms with Crippen molar-refractivity contribution in [1.29, 1.82) is 0 Å². The van der Waals surface area contributed by atoms with Crippen LogP contribution in [0.25, 0.3) is 10.8 Å². The van der Waals surface area contributed by atoms with Gasteiger partial charge in [-0.3, -0.25) is 4.31 Å². The monoisotopic (exact) mass is 343 g/mol. The highest BCUT2D eigenvalue weighted by molar-refractivity contribution is 7.93. The molecule has 3 aromatic rings. The van der Waals surface area contributed by atoms with Crippen LogP contribution in [0.5, 0.6) is 5.75 Å². The summed E-state index contributed by atoms with van der Waals surface area (Å²) in [5.74, 6) is 0.162. The first-order valence-electron chi connectivity index (χ1n) is 7.50. The maximum atomic E-state index is 12.9. The summed E-state index contributed by atoms with van der Waals surface area (Å²) in [6.07, 6.45) is 0. The Kier molecular flexibility index (Phi) is 3.42. The van der Waals surface area contributed by atoms with Crippen LogP contribution in [0, 0.1) is 5.82 Å². The number of sulfonamides is 1. The van der Waals surface area contributed by atoms with Crippen LogP contribution in [0.2, 0.25) is 0 Å². The van der Waals surface area contributed by atoms with Crippen molar-refractivity contribution in [3.05, 3.63) is 66.5 Å². The van der Waals surface area contributed by atoms with E-state index in [0.29, 0.717) is 16.3 Å². The van der Waals surface area contributed by atoms with Gasteiger partial charge in [-0.1, -0.05) is 24.3 Å². The molecule has 0 saturated carbocycles. The van der Waals surface area contributed by atoms with Crippen molar-refractivity contribution in [2.45, 2.75) is 4.90 Å². The van der Waals surface area contributed by atoms with Gasteiger partial charge in [-0.15, -0.1) is 0 Å². The fourth-order valence-electron chi connectivity index (χ4n) is 2.98. The summed E-state index contributed by atoms with van der Waals surface area (Å²) in [4.78, 5) is 0.331. The van der Waals surface area contributed by atoms with E-state index in [0.717, 1.165) is 10.8 Å². The summed E-state index contributed by atoms with van der Waals surface area (Å²) < 4.78 is 45.3.